The van der Waals surface area contributed by atoms with E-state index >= 15 is 0 Å². The fourth-order valence-electron chi connectivity index (χ4n) is 2.39. The van der Waals surface area contributed by atoms with Crippen LogP contribution in [0.25, 0.3) is 0 Å². The molecule has 0 aliphatic rings. The molecule has 2 N–H and O–H groups in total. The van der Waals surface area contributed by atoms with Gasteiger partial charge in [0.05, 0.1) is 4.90 Å². The highest BCUT2D eigenvalue weighted by molar-refractivity contribution is 7.89. The van der Waals surface area contributed by atoms with Crippen LogP contribution >= 0.6 is 11.6 Å². The van der Waals surface area contributed by atoms with Gasteiger partial charge in [0.1, 0.15) is 0 Å². The molecule has 3 aromatic carbocycles. The molecule has 0 unspecified atom stereocenters. The predicted molar refractivity (Wildman–Crippen MR) is 106 cm³/mol. The maximum atomic E-state index is 12.5. The monoisotopic (exact) mass is 400 g/mol. The zero-order valence-corrected chi connectivity index (χ0v) is 15.8. The van der Waals surface area contributed by atoms with E-state index in [1.165, 1.54) is 18.2 Å². The van der Waals surface area contributed by atoms with Gasteiger partial charge in [0.15, 0.2) is 0 Å². The molecule has 0 heterocycles. The molecule has 0 spiro atoms. The number of amides is 1. The number of benzene rings is 3. The van der Waals surface area contributed by atoms with Gasteiger partial charge in [0.2, 0.25) is 10.0 Å². The number of sulfonamides is 1. The second kappa shape index (κ2) is 8.35. The lowest BCUT2D eigenvalue weighted by molar-refractivity contribution is 0.102. The van der Waals surface area contributed by atoms with Gasteiger partial charge in [-0.05, 0) is 48.0 Å². The average Bonchev–Trinajstić information content (AvgIpc) is 2.68. The Morgan fingerprint density at radius 3 is 2.30 bits per heavy atom. The van der Waals surface area contributed by atoms with E-state index in [9.17, 15) is 13.2 Å². The summed E-state index contributed by atoms with van der Waals surface area (Å²) in [6.45, 7) is 0.125. The van der Waals surface area contributed by atoms with Crippen LogP contribution in [0.2, 0.25) is 5.02 Å². The first kappa shape index (κ1) is 19.1. The Labute approximate surface area is 163 Å². The molecule has 0 aliphatic heterocycles. The van der Waals surface area contributed by atoms with Gasteiger partial charge in [-0.3, -0.25) is 4.79 Å². The van der Waals surface area contributed by atoms with E-state index in [4.69, 9.17) is 11.6 Å². The molecule has 0 aromatic heterocycles. The Kier molecular flexibility index (Phi) is 5.91. The lowest BCUT2D eigenvalue weighted by Gasteiger charge is -2.09. The summed E-state index contributed by atoms with van der Waals surface area (Å²) < 4.78 is 27.6. The first-order chi connectivity index (χ1) is 12.9. The largest absolute Gasteiger partial charge is 0.322 e. The predicted octanol–water partition coefficient (Wildman–Crippen LogP) is 4.07. The van der Waals surface area contributed by atoms with Gasteiger partial charge in [-0.25, -0.2) is 13.1 Å². The molecule has 0 fully saturated rings. The quantitative estimate of drug-likeness (QED) is 0.654. The molecule has 138 valence electrons. The lowest BCUT2D eigenvalue weighted by atomic mass is 10.2. The number of hydrogen-bond donors (Lipinski definition) is 2. The van der Waals surface area contributed by atoms with E-state index in [-0.39, 0.29) is 22.9 Å². The first-order valence-corrected chi connectivity index (χ1v) is 10.0. The summed E-state index contributed by atoms with van der Waals surface area (Å²) in [5.74, 6) is -0.379. The third-order valence-corrected chi connectivity index (χ3v) is 5.47. The summed E-state index contributed by atoms with van der Waals surface area (Å²) in [4.78, 5) is 12.4. The highest BCUT2D eigenvalue weighted by atomic mass is 35.5. The van der Waals surface area contributed by atoms with E-state index in [0.717, 1.165) is 5.56 Å². The summed E-state index contributed by atoms with van der Waals surface area (Å²) in [6.07, 6.45) is 0. The van der Waals surface area contributed by atoms with Gasteiger partial charge in [-0.15, -0.1) is 0 Å². The summed E-state index contributed by atoms with van der Waals surface area (Å²) in [6, 6.07) is 21.7. The van der Waals surface area contributed by atoms with E-state index < -0.39 is 10.0 Å². The van der Waals surface area contributed by atoms with Gasteiger partial charge in [-0.1, -0.05) is 48.0 Å². The number of anilines is 1. The molecule has 5 nitrogen and oxygen atoms in total. The summed E-state index contributed by atoms with van der Waals surface area (Å²) in [7, 11) is -3.76. The molecule has 0 bridgehead atoms. The van der Waals surface area contributed by atoms with Crippen molar-refractivity contribution in [3.05, 3.63) is 95.0 Å². The van der Waals surface area contributed by atoms with Crippen LogP contribution in [-0.4, -0.2) is 14.3 Å². The number of carbonyl (C=O) groups excluding carboxylic acids is 1. The minimum absolute atomic E-state index is 0.0252. The standard InChI is InChI=1S/C20H17ClN2O3S/c21-17-11-9-15(10-12-17)14-22-27(25,26)19-8-4-5-16(13-19)20(24)23-18-6-2-1-3-7-18/h1-13,22H,14H2,(H,23,24). The zero-order valence-electron chi connectivity index (χ0n) is 14.2. The molecule has 1 amide bonds. The molecule has 0 atom stereocenters. The van der Waals surface area contributed by atoms with Crippen molar-refractivity contribution in [1.82, 2.24) is 4.72 Å². The van der Waals surface area contributed by atoms with Crippen LogP contribution in [0.4, 0.5) is 5.69 Å². The Morgan fingerprint density at radius 2 is 1.59 bits per heavy atom. The highest BCUT2D eigenvalue weighted by Gasteiger charge is 2.16. The first-order valence-electron chi connectivity index (χ1n) is 8.15. The molecule has 0 radical (unpaired) electrons. The summed E-state index contributed by atoms with van der Waals surface area (Å²) in [5, 5.41) is 3.32. The molecular weight excluding hydrogens is 384 g/mol. The maximum absolute atomic E-state index is 12.5. The van der Waals surface area contributed by atoms with Crippen LogP contribution in [0.15, 0.2) is 83.8 Å². The van der Waals surface area contributed by atoms with E-state index in [0.29, 0.717) is 10.7 Å². The number of nitrogens with one attached hydrogen (secondary N) is 2. The van der Waals surface area contributed by atoms with Gasteiger partial charge >= 0.3 is 0 Å². The van der Waals surface area contributed by atoms with Crippen LogP contribution < -0.4 is 10.0 Å². The minimum atomic E-state index is -3.76. The third kappa shape index (κ3) is 5.17. The van der Waals surface area contributed by atoms with Crippen LogP contribution in [0.1, 0.15) is 15.9 Å². The van der Waals surface area contributed by atoms with Gasteiger partial charge in [0, 0.05) is 22.8 Å². The molecule has 7 heteroatoms. The Balaban J connectivity index is 1.73. The maximum Gasteiger partial charge on any atom is 0.255 e. The topological polar surface area (TPSA) is 75.3 Å². The molecule has 0 saturated heterocycles. The number of carbonyl (C=O) groups is 1. The Hall–Kier alpha value is -2.67. The number of halogens is 1. The fraction of sp³-hybridized carbons (Fsp3) is 0.0500. The molecule has 3 aromatic rings. The van der Waals surface area contributed by atoms with E-state index in [1.54, 1.807) is 54.6 Å². The summed E-state index contributed by atoms with van der Waals surface area (Å²) >= 11 is 5.83. The molecule has 0 saturated carbocycles. The van der Waals surface area contributed by atoms with Crippen molar-refractivity contribution in [2.75, 3.05) is 5.32 Å². The van der Waals surface area contributed by atoms with Crippen LogP contribution in [0.5, 0.6) is 0 Å². The van der Waals surface area contributed by atoms with Gasteiger partial charge < -0.3 is 5.32 Å². The number of rotatable bonds is 6. The SMILES string of the molecule is O=C(Nc1ccccc1)c1cccc(S(=O)(=O)NCc2ccc(Cl)cc2)c1. The van der Waals surface area contributed by atoms with Crippen molar-refractivity contribution in [3.63, 3.8) is 0 Å². The third-order valence-electron chi connectivity index (χ3n) is 3.82. The van der Waals surface area contributed by atoms with Crippen molar-refractivity contribution in [2.24, 2.45) is 0 Å². The lowest BCUT2D eigenvalue weighted by Crippen LogP contribution is -2.23. The van der Waals surface area contributed by atoms with E-state index in [1.807, 2.05) is 6.07 Å². The second-order valence-electron chi connectivity index (χ2n) is 5.80. The van der Waals surface area contributed by atoms with Crippen LogP contribution in [0, 0.1) is 0 Å². The zero-order chi connectivity index (χ0) is 19.3. The molecular formula is C20H17ClN2O3S. The molecule has 0 aliphatic carbocycles. The van der Waals surface area contributed by atoms with Crippen molar-refractivity contribution in [1.29, 1.82) is 0 Å². The number of hydrogen-bond acceptors (Lipinski definition) is 3. The minimum Gasteiger partial charge on any atom is -0.322 e. The van der Waals surface area contributed by atoms with Crippen LogP contribution in [0.3, 0.4) is 0 Å². The van der Waals surface area contributed by atoms with Crippen molar-refractivity contribution in [2.45, 2.75) is 11.4 Å². The molecule has 3 rings (SSSR count). The number of para-hydroxylation sites is 1. The van der Waals surface area contributed by atoms with Gasteiger partial charge in [-0.2, -0.15) is 0 Å². The van der Waals surface area contributed by atoms with Crippen molar-refractivity contribution >= 4 is 33.2 Å². The van der Waals surface area contributed by atoms with E-state index in [2.05, 4.69) is 10.0 Å². The molecule has 27 heavy (non-hydrogen) atoms. The Morgan fingerprint density at radius 1 is 0.889 bits per heavy atom. The van der Waals surface area contributed by atoms with Crippen molar-refractivity contribution < 1.29 is 13.2 Å². The fourth-order valence-corrected chi connectivity index (χ4v) is 3.58. The van der Waals surface area contributed by atoms with Crippen molar-refractivity contribution in [3.8, 4) is 0 Å². The van der Waals surface area contributed by atoms with Gasteiger partial charge in [0.25, 0.3) is 5.91 Å². The highest BCUT2D eigenvalue weighted by Crippen LogP contribution is 2.15. The normalized spacial score (nSPS) is 11.1. The summed E-state index contributed by atoms with van der Waals surface area (Å²) in [5.41, 5.74) is 1.67. The average molecular weight is 401 g/mol. The Bertz CT molecular complexity index is 1040. The smallest absolute Gasteiger partial charge is 0.255 e. The van der Waals surface area contributed by atoms with Crippen LogP contribution in [-0.2, 0) is 16.6 Å². The second-order valence-corrected chi connectivity index (χ2v) is 8.00.